The van der Waals surface area contributed by atoms with Crippen molar-refractivity contribution in [2.45, 2.75) is 13.0 Å². The number of benzene rings is 1. The third kappa shape index (κ3) is 5.09. The predicted octanol–water partition coefficient (Wildman–Crippen LogP) is 2.62. The number of aliphatic imine (C=N–C) groups is 1. The highest BCUT2D eigenvalue weighted by Crippen LogP contribution is 2.32. The molecule has 1 fully saturated rings. The molecule has 0 aliphatic carbocycles. The Hall–Kier alpha value is -2.53. The highest BCUT2D eigenvalue weighted by atomic mass is 127. The normalized spacial score (nSPS) is 16.3. The standard InChI is InChI=1S/C23H28N6O2.HI/c1-24-23(25-8-7-19-16-29-9-3-2-4-22(29)26-19)28-12-10-27(11-13-28)15-18-5-6-20-21(14-18)31-17-30-20;/h2-6,9,14,16H,7-8,10-13,15,17H2,1H3,(H,24,25);1H. The summed E-state index contributed by atoms with van der Waals surface area (Å²) in [5.74, 6) is 2.66. The number of piperazine rings is 1. The number of ether oxygens (including phenoxy) is 2. The largest absolute Gasteiger partial charge is 0.454 e. The lowest BCUT2D eigenvalue weighted by molar-refractivity contribution is 0.171. The summed E-state index contributed by atoms with van der Waals surface area (Å²) in [6.45, 7) is 5.97. The summed E-state index contributed by atoms with van der Waals surface area (Å²) >= 11 is 0. The highest BCUT2D eigenvalue weighted by molar-refractivity contribution is 14.0. The van der Waals surface area contributed by atoms with Gasteiger partial charge in [-0.2, -0.15) is 0 Å². The van der Waals surface area contributed by atoms with Crippen molar-refractivity contribution >= 4 is 35.6 Å². The zero-order chi connectivity index (χ0) is 21.0. The Morgan fingerprint density at radius 2 is 1.94 bits per heavy atom. The molecule has 0 spiro atoms. The Morgan fingerprint density at radius 1 is 1.09 bits per heavy atom. The van der Waals surface area contributed by atoms with E-state index in [1.165, 1.54) is 5.56 Å². The third-order valence-electron chi connectivity index (χ3n) is 5.80. The molecule has 0 atom stereocenters. The third-order valence-corrected chi connectivity index (χ3v) is 5.80. The van der Waals surface area contributed by atoms with Crippen molar-refractivity contribution in [2.24, 2.45) is 4.99 Å². The molecule has 0 unspecified atom stereocenters. The van der Waals surface area contributed by atoms with E-state index < -0.39 is 0 Å². The summed E-state index contributed by atoms with van der Waals surface area (Å²) in [7, 11) is 1.85. The number of guanidine groups is 1. The first-order valence-corrected chi connectivity index (χ1v) is 10.8. The van der Waals surface area contributed by atoms with Crippen molar-refractivity contribution in [2.75, 3.05) is 46.6 Å². The predicted molar refractivity (Wildman–Crippen MR) is 135 cm³/mol. The molecular formula is C23H29IN6O2. The summed E-state index contributed by atoms with van der Waals surface area (Å²) in [5, 5.41) is 3.50. The maximum atomic E-state index is 5.50. The van der Waals surface area contributed by atoms with Gasteiger partial charge in [0.1, 0.15) is 5.65 Å². The molecule has 8 nitrogen and oxygen atoms in total. The first-order chi connectivity index (χ1) is 15.3. The fourth-order valence-corrected chi connectivity index (χ4v) is 4.16. The smallest absolute Gasteiger partial charge is 0.231 e. The Labute approximate surface area is 205 Å². The quantitative estimate of drug-likeness (QED) is 0.301. The number of rotatable bonds is 5. The molecule has 2 aliphatic rings. The fraction of sp³-hybridized carbons (Fsp3) is 0.391. The first kappa shape index (κ1) is 22.7. The van der Waals surface area contributed by atoms with Gasteiger partial charge in [0.05, 0.1) is 5.69 Å². The number of nitrogens with one attached hydrogen (secondary N) is 1. The Bertz CT molecular complexity index is 1040. The SMILES string of the molecule is CN=C(NCCc1cn2ccccc2n1)N1CCN(Cc2ccc3c(c2)OCO3)CC1.I. The molecule has 2 aromatic heterocycles. The molecule has 0 saturated carbocycles. The molecule has 32 heavy (non-hydrogen) atoms. The minimum atomic E-state index is 0. The van der Waals surface area contributed by atoms with Gasteiger partial charge in [0.25, 0.3) is 0 Å². The van der Waals surface area contributed by atoms with Gasteiger partial charge in [-0.3, -0.25) is 9.89 Å². The number of imidazole rings is 1. The molecule has 0 radical (unpaired) electrons. The maximum absolute atomic E-state index is 5.50. The first-order valence-electron chi connectivity index (χ1n) is 10.8. The van der Waals surface area contributed by atoms with Crippen LogP contribution in [0.15, 0.2) is 53.8 Å². The lowest BCUT2D eigenvalue weighted by atomic mass is 10.1. The van der Waals surface area contributed by atoms with Gasteiger partial charge < -0.3 is 24.1 Å². The van der Waals surface area contributed by atoms with Crippen LogP contribution in [0.1, 0.15) is 11.3 Å². The van der Waals surface area contributed by atoms with Crippen molar-refractivity contribution in [1.29, 1.82) is 0 Å². The van der Waals surface area contributed by atoms with Crippen LogP contribution < -0.4 is 14.8 Å². The van der Waals surface area contributed by atoms with Crippen LogP contribution in [0.5, 0.6) is 11.5 Å². The van der Waals surface area contributed by atoms with Crippen LogP contribution in [0.4, 0.5) is 0 Å². The Kier molecular flexibility index (Phi) is 7.36. The van der Waals surface area contributed by atoms with Crippen LogP contribution in [0.2, 0.25) is 0 Å². The molecular weight excluding hydrogens is 519 g/mol. The molecule has 2 aliphatic heterocycles. The minimum Gasteiger partial charge on any atom is -0.454 e. The number of fused-ring (bicyclic) bond motifs is 2. The summed E-state index contributed by atoms with van der Waals surface area (Å²) in [5.41, 5.74) is 3.33. The second kappa shape index (κ2) is 10.4. The van der Waals surface area contributed by atoms with E-state index in [-0.39, 0.29) is 24.0 Å². The average Bonchev–Trinajstić information content (AvgIpc) is 3.43. The van der Waals surface area contributed by atoms with Crippen LogP contribution in [0.25, 0.3) is 5.65 Å². The van der Waals surface area contributed by atoms with Gasteiger partial charge in [0, 0.05) is 65.1 Å². The van der Waals surface area contributed by atoms with E-state index in [0.29, 0.717) is 6.79 Å². The van der Waals surface area contributed by atoms with E-state index >= 15 is 0 Å². The van der Waals surface area contributed by atoms with Crippen molar-refractivity contribution in [1.82, 2.24) is 24.5 Å². The number of hydrogen-bond donors (Lipinski definition) is 1. The van der Waals surface area contributed by atoms with Gasteiger partial charge in [0.2, 0.25) is 6.79 Å². The summed E-state index contributed by atoms with van der Waals surface area (Å²) < 4.78 is 13.0. The van der Waals surface area contributed by atoms with E-state index in [1.807, 2.05) is 37.5 Å². The van der Waals surface area contributed by atoms with Gasteiger partial charge in [-0.05, 0) is 29.8 Å². The number of nitrogens with zero attached hydrogens (tertiary/aromatic N) is 5. The zero-order valence-corrected chi connectivity index (χ0v) is 20.6. The molecule has 0 amide bonds. The summed E-state index contributed by atoms with van der Waals surface area (Å²) in [6, 6.07) is 12.3. The van der Waals surface area contributed by atoms with E-state index in [4.69, 9.17) is 9.47 Å². The highest BCUT2D eigenvalue weighted by Gasteiger charge is 2.21. The molecule has 1 saturated heterocycles. The molecule has 4 heterocycles. The molecule has 0 bridgehead atoms. The lowest BCUT2D eigenvalue weighted by Crippen LogP contribution is -2.52. The maximum Gasteiger partial charge on any atom is 0.231 e. The number of hydrogen-bond acceptors (Lipinski definition) is 5. The second-order valence-electron chi connectivity index (χ2n) is 7.87. The number of aromatic nitrogens is 2. The summed E-state index contributed by atoms with van der Waals surface area (Å²) in [6.07, 6.45) is 4.99. The summed E-state index contributed by atoms with van der Waals surface area (Å²) in [4.78, 5) is 14.0. The Morgan fingerprint density at radius 3 is 2.75 bits per heavy atom. The molecule has 1 N–H and O–H groups in total. The topological polar surface area (TPSA) is 66.6 Å². The van der Waals surface area contributed by atoms with Gasteiger partial charge in [0.15, 0.2) is 17.5 Å². The monoisotopic (exact) mass is 548 g/mol. The number of pyridine rings is 1. The molecule has 170 valence electrons. The van der Waals surface area contributed by atoms with Crippen LogP contribution in [0, 0.1) is 0 Å². The van der Waals surface area contributed by atoms with Crippen molar-refractivity contribution in [3.63, 3.8) is 0 Å². The van der Waals surface area contributed by atoms with Crippen molar-refractivity contribution in [3.8, 4) is 11.5 Å². The molecule has 1 aromatic carbocycles. The lowest BCUT2D eigenvalue weighted by Gasteiger charge is -2.36. The average molecular weight is 548 g/mol. The van der Waals surface area contributed by atoms with Gasteiger partial charge >= 0.3 is 0 Å². The van der Waals surface area contributed by atoms with Gasteiger partial charge in [-0.15, -0.1) is 24.0 Å². The van der Waals surface area contributed by atoms with Crippen molar-refractivity contribution < 1.29 is 9.47 Å². The molecule has 5 rings (SSSR count). The van der Waals surface area contributed by atoms with Crippen LogP contribution in [-0.4, -0.2) is 71.7 Å². The second-order valence-corrected chi connectivity index (χ2v) is 7.87. The van der Waals surface area contributed by atoms with E-state index in [0.717, 1.165) is 74.5 Å². The van der Waals surface area contributed by atoms with Gasteiger partial charge in [-0.1, -0.05) is 12.1 Å². The zero-order valence-electron chi connectivity index (χ0n) is 18.2. The van der Waals surface area contributed by atoms with Crippen molar-refractivity contribution in [3.05, 3.63) is 60.0 Å². The van der Waals surface area contributed by atoms with Crippen LogP contribution in [0.3, 0.4) is 0 Å². The number of halogens is 1. The molecule has 9 heteroatoms. The Balaban J connectivity index is 0.00000245. The van der Waals surface area contributed by atoms with Crippen LogP contribution >= 0.6 is 24.0 Å². The van der Waals surface area contributed by atoms with E-state index in [1.54, 1.807) is 0 Å². The van der Waals surface area contributed by atoms with E-state index in [2.05, 4.69) is 47.8 Å². The van der Waals surface area contributed by atoms with E-state index in [9.17, 15) is 0 Å². The molecule has 3 aromatic rings. The van der Waals surface area contributed by atoms with Crippen LogP contribution in [-0.2, 0) is 13.0 Å². The minimum absolute atomic E-state index is 0. The van der Waals surface area contributed by atoms with Gasteiger partial charge in [-0.25, -0.2) is 4.98 Å². The fourth-order valence-electron chi connectivity index (χ4n) is 4.16.